The third-order valence-electron chi connectivity index (χ3n) is 7.78. The first-order valence-electron chi connectivity index (χ1n) is 14.4. The lowest BCUT2D eigenvalue weighted by Crippen LogP contribution is -2.38. The van der Waals surface area contributed by atoms with Gasteiger partial charge in [-0.2, -0.15) is 0 Å². The van der Waals surface area contributed by atoms with Crippen molar-refractivity contribution in [3.63, 3.8) is 0 Å². The van der Waals surface area contributed by atoms with E-state index in [0.717, 1.165) is 47.9 Å². The highest BCUT2D eigenvalue weighted by Crippen LogP contribution is 2.31. The summed E-state index contributed by atoms with van der Waals surface area (Å²) in [7, 11) is -3.06. The van der Waals surface area contributed by atoms with Crippen LogP contribution in [0.1, 0.15) is 87.5 Å². The summed E-state index contributed by atoms with van der Waals surface area (Å²) in [4.78, 5) is 9.91. The predicted octanol–water partition coefficient (Wildman–Crippen LogP) is 7.28. The molecule has 0 aliphatic heterocycles. The number of rotatable bonds is 8. The molecule has 2 aromatic carbocycles. The smallest absolute Gasteiger partial charge is 0.127 e. The largest absolute Gasteiger partial charge is 0.507 e. The average molecular weight is 551 g/mol. The topological polar surface area (TPSA) is 65.2 Å². The fraction of sp³-hybridized carbons (Fsp3) is 0.562. The molecule has 1 aliphatic rings. The molecular formula is C32H50N2O2Si2. The van der Waals surface area contributed by atoms with E-state index < -0.39 is 16.1 Å². The summed E-state index contributed by atoms with van der Waals surface area (Å²) >= 11 is 0. The molecule has 208 valence electrons. The molecule has 0 bridgehead atoms. The molecule has 0 radical (unpaired) electrons. The summed E-state index contributed by atoms with van der Waals surface area (Å²) in [5, 5.41) is 24.7. The minimum atomic E-state index is -1.53. The molecule has 2 atom stereocenters. The molecule has 1 aliphatic carbocycles. The Hall–Kier alpha value is -2.19. The van der Waals surface area contributed by atoms with E-state index in [4.69, 9.17) is 9.98 Å². The lowest BCUT2D eigenvalue weighted by Gasteiger charge is -2.25. The van der Waals surface area contributed by atoms with Crippen molar-refractivity contribution >= 4 is 39.0 Å². The van der Waals surface area contributed by atoms with Crippen LogP contribution in [0.3, 0.4) is 0 Å². The standard InChI is InChI=1S/C32H50N2O2Si2/c1-21(2)29-17-27(37(5,6)7)14-23(31(29)35)19-33-25-12-11-13-26(16-25)34-20-24-15-28(38(8,9)10)18-30(22(3)4)32(24)36/h14-15,17-22,25-26,35-36H,11-13,16H2,1-10H3. The maximum atomic E-state index is 11.0. The minimum Gasteiger partial charge on any atom is -0.507 e. The van der Waals surface area contributed by atoms with E-state index in [1.165, 1.54) is 10.4 Å². The lowest BCUT2D eigenvalue weighted by molar-refractivity contribution is 0.397. The van der Waals surface area contributed by atoms with Crippen LogP contribution in [0.15, 0.2) is 34.3 Å². The van der Waals surface area contributed by atoms with Gasteiger partial charge in [-0.05, 0) is 48.6 Å². The predicted molar refractivity (Wildman–Crippen MR) is 172 cm³/mol. The highest BCUT2D eigenvalue weighted by Gasteiger charge is 2.24. The van der Waals surface area contributed by atoms with Gasteiger partial charge in [0, 0.05) is 23.6 Å². The summed E-state index contributed by atoms with van der Waals surface area (Å²) in [6.45, 7) is 22.6. The molecular weight excluding hydrogens is 501 g/mol. The molecule has 0 heterocycles. The SMILES string of the molecule is CC(C)c1cc([Si](C)(C)C)cc(C=NC2CCCC(N=Cc3cc([Si](C)(C)C)cc(C(C)C)c3O)C2)c1O. The molecule has 38 heavy (non-hydrogen) atoms. The van der Waals surface area contributed by atoms with Crippen LogP contribution in [0.4, 0.5) is 0 Å². The number of hydrogen-bond acceptors (Lipinski definition) is 4. The molecule has 0 saturated heterocycles. The Morgan fingerprint density at radius 1 is 0.684 bits per heavy atom. The summed E-state index contributed by atoms with van der Waals surface area (Å²) in [6.07, 6.45) is 7.87. The number of nitrogens with zero attached hydrogens (tertiary/aromatic N) is 2. The van der Waals surface area contributed by atoms with Crippen LogP contribution in [0.25, 0.3) is 0 Å². The van der Waals surface area contributed by atoms with Gasteiger partial charge in [0.05, 0.1) is 28.2 Å². The fourth-order valence-electron chi connectivity index (χ4n) is 5.08. The molecule has 1 saturated carbocycles. The first-order valence-corrected chi connectivity index (χ1v) is 21.4. The van der Waals surface area contributed by atoms with Gasteiger partial charge in [0.2, 0.25) is 0 Å². The molecule has 0 amide bonds. The van der Waals surface area contributed by atoms with E-state index in [9.17, 15) is 10.2 Å². The molecule has 4 nitrogen and oxygen atoms in total. The van der Waals surface area contributed by atoms with Gasteiger partial charge >= 0.3 is 0 Å². The quantitative estimate of drug-likeness (QED) is 0.268. The zero-order chi connectivity index (χ0) is 28.4. The Labute approximate surface area is 233 Å². The Bertz CT molecular complexity index is 1100. The molecule has 1 fully saturated rings. The second-order valence-electron chi connectivity index (χ2n) is 13.8. The van der Waals surface area contributed by atoms with Crippen LogP contribution in [0.2, 0.25) is 39.3 Å². The van der Waals surface area contributed by atoms with Gasteiger partial charge in [-0.25, -0.2) is 0 Å². The normalized spacial score (nSPS) is 19.4. The lowest BCUT2D eigenvalue weighted by atomic mass is 9.91. The molecule has 3 rings (SSSR count). The van der Waals surface area contributed by atoms with Crippen molar-refractivity contribution in [3.05, 3.63) is 46.5 Å². The van der Waals surface area contributed by atoms with Crippen LogP contribution in [0, 0.1) is 0 Å². The van der Waals surface area contributed by atoms with Gasteiger partial charge in [-0.1, -0.05) is 102 Å². The number of phenols is 2. The van der Waals surface area contributed by atoms with Crippen LogP contribution >= 0.6 is 0 Å². The molecule has 2 N–H and O–H groups in total. The molecule has 2 aromatic rings. The van der Waals surface area contributed by atoms with E-state index in [0.29, 0.717) is 11.5 Å². The van der Waals surface area contributed by atoms with Gasteiger partial charge in [0.15, 0.2) is 0 Å². The highest BCUT2D eigenvalue weighted by atomic mass is 28.3. The van der Waals surface area contributed by atoms with Crippen molar-refractivity contribution in [3.8, 4) is 11.5 Å². The zero-order valence-electron chi connectivity index (χ0n) is 25.4. The maximum absolute atomic E-state index is 11.0. The van der Waals surface area contributed by atoms with Crippen molar-refractivity contribution in [1.82, 2.24) is 0 Å². The van der Waals surface area contributed by atoms with Crippen LogP contribution in [-0.2, 0) is 0 Å². The third-order valence-corrected chi connectivity index (χ3v) is 11.8. The van der Waals surface area contributed by atoms with E-state index in [1.54, 1.807) is 0 Å². The van der Waals surface area contributed by atoms with Gasteiger partial charge in [-0.15, -0.1) is 0 Å². The molecule has 0 aromatic heterocycles. The van der Waals surface area contributed by atoms with Gasteiger partial charge in [0.25, 0.3) is 0 Å². The second-order valence-corrected chi connectivity index (χ2v) is 24.0. The monoisotopic (exact) mass is 550 g/mol. The number of aliphatic imine (C=N–C) groups is 2. The van der Waals surface area contributed by atoms with E-state index in [2.05, 4.69) is 91.2 Å². The zero-order valence-corrected chi connectivity index (χ0v) is 27.4. The van der Waals surface area contributed by atoms with E-state index >= 15 is 0 Å². The summed E-state index contributed by atoms with van der Waals surface area (Å²) in [5.41, 5.74) is 3.71. The summed E-state index contributed by atoms with van der Waals surface area (Å²) in [5.74, 6) is 1.27. The third kappa shape index (κ3) is 7.47. The first kappa shape index (κ1) is 30.4. The Morgan fingerprint density at radius 3 is 1.37 bits per heavy atom. The van der Waals surface area contributed by atoms with Gasteiger partial charge < -0.3 is 10.2 Å². The number of aromatic hydroxyl groups is 2. The minimum absolute atomic E-state index is 0.191. The Morgan fingerprint density at radius 2 is 1.05 bits per heavy atom. The molecule has 0 spiro atoms. The summed E-state index contributed by atoms with van der Waals surface area (Å²) < 4.78 is 0. The van der Waals surface area contributed by atoms with Crippen molar-refractivity contribution in [2.24, 2.45) is 9.98 Å². The second kappa shape index (κ2) is 11.9. The fourth-order valence-corrected chi connectivity index (χ4v) is 7.44. The van der Waals surface area contributed by atoms with Crippen molar-refractivity contribution < 1.29 is 10.2 Å². The first-order chi connectivity index (χ1) is 17.6. The highest BCUT2D eigenvalue weighted by molar-refractivity contribution is 6.89. The van der Waals surface area contributed by atoms with E-state index in [1.807, 2.05) is 12.4 Å². The van der Waals surface area contributed by atoms with Gasteiger partial charge in [-0.3, -0.25) is 9.98 Å². The van der Waals surface area contributed by atoms with Crippen LogP contribution in [0.5, 0.6) is 11.5 Å². The molecule has 2 unspecified atom stereocenters. The number of hydrogen-bond donors (Lipinski definition) is 2. The molecule has 6 heteroatoms. The van der Waals surface area contributed by atoms with Gasteiger partial charge in [0.1, 0.15) is 11.5 Å². The van der Waals surface area contributed by atoms with E-state index in [-0.39, 0.29) is 23.9 Å². The average Bonchev–Trinajstić information content (AvgIpc) is 2.81. The van der Waals surface area contributed by atoms with Crippen LogP contribution in [-0.4, -0.2) is 50.9 Å². The summed E-state index contributed by atoms with van der Waals surface area (Å²) in [6, 6.07) is 9.08. The van der Waals surface area contributed by atoms with Crippen molar-refractivity contribution in [2.45, 2.75) is 117 Å². The van der Waals surface area contributed by atoms with Crippen molar-refractivity contribution in [1.29, 1.82) is 0 Å². The number of benzene rings is 2. The maximum Gasteiger partial charge on any atom is 0.127 e. The van der Waals surface area contributed by atoms with Crippen molar-refractivity contribution in [2.75, 3.05) is 0 Å². The number of phenolic OH excluding ortho intramolecular Hbond substituents is 2. The van der Waals surface area contributed by atoms with Crippen LogP contribution < -0.4 is 10.4 Å². The Kier molecular flexibility index (Phi) is 9.51. The Balaban J connectivity index is 1.83.